The number of hydrogen-bond donors (Lipinski definition) is 2. The van der Waals surface area contributed by atoms with Gasteiger partial charge < -0.3 is 19.9 Å². The predicted molar refractivity (Wildman–Crippen MR) is 128 cm³/mol. The maximum Gasteiger partial charge on any atom is 0.191 e. The second-order valence-electron chi connectivity index (χ2n) is 6.89. The Labute approximate surface area is 195 Å². The van der Waals surface area contributed by atoms with Crippen LogP contribution in [0.2, 0.25) is 0 Å². The van der Waals surface area contributed by atoms with Crippen LogP contribution in [0.5, 0.6) is 0 Å². The molecule has 0 aliphatic heterocycles. The Balaban J connectivity index is 0.00000450. The monoisotopic (exact) mass is 550 g/mol. The number of benzene rings is 1. The zero-order valence-corrected chi connectivity index (χ0v) is 21.2. The molecule has 0 aliphatic rings. The highest BCUT2D eigenvalue weighted by molar-refractivity contribution is 14.0. The van der Waals surface area contributed by atoms with Crippen molar-refractivity contribution in [3.05, 3.63) is 41.0 Å². The van der Waals surface area contributed by atoms with Gasteiger partial charge in [-0.3, -0.25) is 0 Å². The van der Waals surface area contributed by atoms with Gasteiger partial charge in [0.25, 0.3) is 0 Å². The Morgan fingerprint density at radius 2 is 1.97 bits per heavy atom. The molecular weight excluding hydrogens is 519 g/mol. The van der Waals surface area contributed by atoms with E-state index < -0.39 is 9.84 Å². The third-order valence-corrected chi connectivity index (χ3v) is 5.73. The van der Waals surface area contributed by atoms with E-state index in [-0.39, 0.29) is 24.0 Å². The van der Waals surface area contributed by atoms with Crippen LogP contribution >= 0.6 is 24.0 Å². The lowest BCUT2D eigenvalue weighted by Crippen LogP contribution is -2.38. The third kappa shape index (κ3) is 7.84. The quantitative estimate of drug-likeness (QED) is 0.212. The number of guanidine groups is 1. The van der Waals surface area contributed by atoms with E-state index in [1.54, 1.807) is 26.2 Å². The summed E-state index contributed by atoms with van der Waals surface area (Å²) in [5.41, 5.74) is 1.65. The molecule has 0 saturated heterocycles. The molecule has 0 radical (unpaired) electrons. The van der Waals surface area contributed by atoms with Crippen molar-refractivity contribution in [1.82, 2.24) is 25.4 Å². The summed E-state index contributed by atoms with van der Waals surface area (Å²) >= 11 is 0. The fraction of sp³-hybridized carbons (Fsp3) is 0.526. The number of nitrogens with zero attached hydrogens (tertiary/aromatic N) is 4. The molecule has 0 bridgehead atoms. The number of methoxy groups -OCH3 is 1. The number of aryl methyl sites for hydroxylation is 2. The van der Waals surface area contributed by atoms with Crippen LogP contribution in [0.25, 0.3) is 0 Å². The van der Waals surface area contributed by atoms with Crippen LogP contribution in [-0.4, -0.2) is 55.7 Å². The standard InChI is InChI=1S/C19H30N6O3S.HI/c1-14-11-16(7-8-17(14)29(5,26)27)12-21-19(20-9-6-10-28-4)22-13-18-24-23-15(2)25(18)3;/h7-8,11H,6,9-10,12-13H2,1-5H3,(H2,20,21,22);1H. The predicted octanol–water partition coefficient (Wildman–Crippen LogP) is 1.73. The molecular formula is C19H31IN6O3S. The van der Waals surface area contributed by atoms with Gasteiger partial charge in [-0.1, -0.05) is 12.1 Å². The van der Waals surface area contributed by atoms with E-state index in [0.29, 0.717) is 37.1 Å². The first-order valence-corrected chi connectivity index (χ1v) is 11.3. The van der Waals surface area contributed by atoms with Gasteiger partial charge in [0.05, 0.1) is 18.0 Å². The van der Waals surface area contributed by atoms with E-state index in [4.69, 9.17) is 4.74 Å². The van der Waals surface area contributed by atoms with Gasteiger partial charge in [-0.25, -0.2) is 13.4 Å². The van der Waals surface area contributed by atoms with Crippen LogP contribution in [0, 0.1) is 13.8 Å². The van der Waals surface area contributed by atoms with Crippen molar-refractivity contribution in [2.45, 2.75) is 38.3 Å². The average molecular weight is 550 g/mol. The van der Waals surface area contributed by atoms with Crippen LogP contribution in [0.3, 0.4) is 0 Å². The van der Waals surface area contributed by atoms with Crippen LogP contribution in [0.15, 0.2) is 28.1 Å². The van der Waals surface area contributed by atoms with Crippen molar-refractivity contribution in [3.63, 3.8) is 0 Å². The molecule has 9 nitrogen and oxygen atoms in total. The summed E-state index contributed by atoms with van der Waals surface area (Å²) in [6.07, 6.45) is 2.07. The van der Waals surface area contributed by atoms with E-state index >= 15 is 0 Å². The van der Waals surface area contributed by atoms with Crippen molar-refractivity contribution in [2.24, 2.45) is 12.0 Å². The molecule has 1 aromatic carbocycles. The highest BCUT2D eigenvalue weighted by Gasteiger charge is 2.11. The fourth-order valence-electron chi connectivity index (χ4n) is 2.76. The Kier molecular flexibility index (Phi) is 10.7. The van der Waals surface area contributed by atoms with Gasteiger partial charge in [0.15, 0.2) is 21.6 Å². The minimum Gasteiger partial charge on any atom is -0.385 e. The molecule has 0 atom stereocenters. The van der Waals surface area contributed by atoms with E-state index in [9.17, 15) is 8.42 Å². The third-order valence-electron chi connectivity index (χ3n) is 4.47. The topological polar surface area (TPSA) is 110 Å². The van der Waals surface area contributed by atoms with Gasteiger partial charge in [-0.05, 0) is 37.5 Å². The molecule has 2 aromatic rings. The van der Waals surface area contributed by atoms with E-state index in [1.807, 2.05) is 24.6 Å². The number of aromatic nitrogens is 3. The average Bonchev–Trinajstić information content (AvgIpc) is 2.97. The van der Waals surface area contributed by atoms with Gasteiger partial charge in [-0.2, -0.15) is 0 Å². The minimum atomic E-state index is -3.23. The minimum absolute atomic E-state index is 0. The van der Waals surface area contributed by atoms with Crippen molar-refractivity contribution >= 4 is 39.8 Å². The molecule has 0 amide bonds. The second kappa shape index (κ2) is 12.2. The summed E-state index contributed by atoms with van der Waals surface area (Å²) < 4.78 is 30.6. The van der Waals surface area contributed by atoms with Crippen molar-refractivity contribution in [1.29, 1.82) is 0 Å². The Bertz CT molecular complexity index is 959. The lowest BCUT2D eigenvalue weighted by Gasteiger charge is -2.13. The molecule has 2 N–H and O–H groups in total. The second-order valence-corrected chi connectivity index (χ2v) is 8.87. The van der Waals surface area contributed by atoms with Gasteiger partial charge in [-0.15, -0.1) is 34.2 Å². The van der Waals surface area contributed by atoms with Crippen LogP contribution in [0.4, 0.5) is 0 Å². The number of rotatable bonds is 9. The molecule has 0 unspecified atom stereocenters. The maximum absolute atomic E-state index is 11.8. The van der Waals surface area contributed by atoms with E-state index in [1.165, 1.54) is 6.26 Å². The summed E-state index contributed by atoms with van der Waals surface area (Å²) in [7, 11) is 0.363. The molecule has 30 heavy (non-hydrogen) atoms. The molecule has 0 aliphatic carbocycles. The fourth-order valence-corrected chi connectivity index (χ4v) is 3.72. The molecule has 0 fully saturated rings. The number of ether oxygens (including phenoxy) is 1. The molecule has 0 spiro atoms. The number of sulfone groups is 1. The first-order chi connectivity index (χ1) is 13.7. The van der Waals surface area contributed by atoms with Crippen molar-refractivity contribution < 1.29 is 13.2 Å². The van der Waals surface area contributed by atoms with Crippen molar-refractivity contribution in [2.75, 3.05) is 26.5 Å². The smallest absolute Gasteiger partial charge is 0.191 e. The zero-order valence-electron chi connectivity index (χ0n) is 18.1. The van der Waals surface area contributed by atoms with Gasteiger partial charge in [0, 0.05) is 33.6 Å². The largest absolute Gasteiger partial charge is 0.385 e. The summed E-state index contributed by atoms with van der Waals surface area (Å²) in [5, 5.41) is 14.8. The highest BCUT2D eigenvalue weighted by Crippen LogP contribution is 2.17. The SMILES string of the molecule is COCCCNC(=NCc1ccc(S(C)(=O)=O)c(C)c1)NCc1nnc(C)n1C.I. The van der Waals surface area contributed by atoms with Crippen LogP contribution in [-0.2, 0) is 34.7 Å². The van der Waals surface area contributed by atoms with Crippen LogP contribution < -0.4 is 10.6 Å². The summed E-state index contributed by atoms with van der Waals surface area (Å²) in [5.74, 6) is 2.30. The van der Waals surface area contributed by atoms with Gasteiger partial charge in [0.1, 0.15) is 5.82 Å². The van der Waals surface area contributed by atoms with Crippen LogP contribution in [0.1, 0.15) is 29.2 Å². The summed E-state index contributed by atoms with van der Waals surface area (Å²) in [6.45, 7) is 5.97. The van der Waals surface area contributed by atoms with Crippen molar-refractivity contribution in [3.8, 4) is 0 Å². The molecule has 1 heterocycles. The lowest BCUT2D eigenvalue weighted by atomic mass is 10.1. The normalized spacial score (nSPS) is 11.8. The van der Waals surface area contributed by atoms with E-state index in [2.05, 4.69) is 25.8 Å². The summed E-state index contributed by atoms with van der Waals surface area (Å²) in [4.78, 5) is 4.97. The number of hydrogen-bond acceptors (Lipinski definition) is 6. The molecule has 11 heteroatoms. The summed E-state index contributed by atoms with van der Waals surface area (Å²) in [6, 6.07) is 5.28. The molecule has 0 saturated carbocycles. The Morgan fingerprint density at radius 1 is 1.23 bits per heavy atom. The molecule has 2 rings (SSSR count). The lowest BCUT2D eigenvalue weighted by molar-refractivity contribution is 0.195. The Hall–Kier alpha value is -1.73. The van der Waals surface area contributed by atoms with Gasteiger partial charge in [0.2, 0.25) is 0 Å². The maximum atomic E-state index is 11.8. The first-order valence-electron chi connectivity index (χ1n) is 9.38. The Morgan fingerprint density at radius 3 is 2.53 bits per heavy atom. The molecule has 1 aromatic heterocycles. The molecule has 168 valence electrons. The highest BCUT2D eigenvalue weighted by atomic mass is 127. The zero-order chi connectivity index (χ0) is 21.4. The van der Waals surface area contributed by atoms with E-state index in [0.717, 1.165) is 29.2 Å². The number of aliphatic imine (C=N–C) groups is 1. The van der Waals surface area contributed by atoms with Gasteiger partial charge >= 0.3 is 0 Å². The number of halogens is 1. The number of nitrogens with one attached hydrogen (secondary N) is 2. The first kappa shape index (κ1) is 26.3.